The van der Waals surface area contributed by atoms with E-state index in [9.17, 15) is 9.59 Å². The molecule has 0 bridgehead atoms. The van der Waals surface area contributed by atoms with Crippen LogP contribution in [0.1, 0.15) is 18.2 Å². The fourth-order valence-electron chi connectivity index (χ4n) is 1.35. The van der Waals surface area contributed by atoms with Crippen LogP contribution in [0.25, 0.3) is 0 Å². The van der Waals surface area contributed by atoms with Gasteiger partial charge in [0.25, 0.3) is 0 Å². The second-order valence-electron chi connectivity index (χ2n) is 3.57. The summed E-state index contributed by atoms with van der Waals surface area (Å²) in [5.74, 6) is -0.901. The molecule has 0 aromatic carbocycles. The summed E-state index contributed by atoms with van der Waals surface area (Å²) in [6.07, 6.45) is -0.0377. The highest BCUT2D eigenvalue weighted by Crippen LogP contribution is 2.22. The Labute approximate surface area is 118 Å². The minimum Gasteiger partial charge on any atom is -0.481 e. The van der Waals surface area contributed by atoms with E-state index in [0.29, 0.717) is 13.1 Å². The number of carbonyl (C=O) groups is 2. The largest absolute Gasteiger partial charge is 0.481 e. The first-order valence-corrected chi connectivity index (χ1v) is 7.18. The molecule has 0 saturated carbocycles. The van der Waals surface area contributed by atoms with Crippen LogP contribution in [-0.4, -0.2) is 35.1 Å². The molecule has 1 aromatic rings. The molecule has 0 unspecified atom stereocenters. The normalized spacial score (nSPS) is 10.1. The lowest BCUT2D eigenvalue weighted by molar-refractivity contribution is -0.137. The molecule has 0 atom stereocenters. The van der Waals surface area contributed by atoms with Crippen LogP contribution < -0.4 is 5.32 Å². The molecule has 100 valence electrons. The third kappa shape index (κ3) is 4.66. The van der Waals surface area contributed by atoms with Gasteiger partial charge in [-0.05, 0) is 34.3 Å². The Morgan fingerprint density at radius 1 is 1.56 bits per heavy atom. The van der Waals surface area contributed by atoms with Crippen LogP contribution in [0.2, 0.25) is 0 Å². The molecule has 0 saturated heterocycles. The third-order valence-corrected chi connectivity index (χ3v) is 4.28. The van der Waals surface area contributed by atoms with E-state index in [2.05, 4.69) is 21.2 Å². The summed E-state index contributed by atoms with van der Waals surface area (Å²) < 4.78 is 0.974. The predicted molar refractivity (Wildman–Crippen MR) is 73.8 cm³/mol. The number of aliphatic carboxylic acids is 1. The lowest BCUT2D eigenvalue weighted by Crippen LogP contribution is -2.40. The minimum atomic E-state index is -0.901. The van der Waals surface area contributed by atoms with E-state index in [0.717, 1.165) is 9.35 Å². The Bertz CT molecular complexity index is 422. The molecular weight excluding hydrogens is 320 g/mol. The van der Waals surface area contributed by atoms with Crippen LogP contribution in [0.3, 0.4) is 0 Å². The van der Waals surface area contributed by atoms with Crippen LogP contribution in [0.4, 0.5) is 4.79 Å². The van der Waals surface area contributed by atoms with E-state index in [-0.39, 0.29) is 19.0 Å². The molecule has 1 aromatic heterocycles. The summed E-state index contributed by atoms with van der Waals surface area (Å²) in [7, 11) is 0. The summed E-state index contributed by atoms with van der Waals surface area (Å²) in [6, 6.07) is 1.69. The number of rotatable bonds is 6. The number of thiophene rings is 1. The van der Waals surface area contributed by atoms with Gasteiger partial charge in [0.15, 0.2) is 0 Å². The van der Waals surface area contributed by atoms with Gasteiger partial charge in [0.05, 0.1) is 13.0 Å². The van der Waals surface area contributed by atoms with Gasteiger partial charge >= 0.3 is 12.0 Å². The Balaban J connectivity index is 2.42. The average molecular weight is 335 g/mol. The van der Waals surface area contributed by atoms with Gasteiger partial charge < -0.3 is 15.3 Å². The van der Waals surface area contributed by atoms with E-state index < -0.39 is 5.97 Å². The molecule has 1 heterocycles. The molecule has 18 heavy (non-hydrogen) atoms. The van der Waals surface area contributed by atoms with Crippen molar-refractivity contribution in [2.24, 2.45) is 0 Å². The van der Waals surface area contributed by atoms with E-state index >= 15 is 0 Å². The molecule has 2 amide bonds. The molecule has 5 nitrogen and oxygen atoms in total. The smallest absolute Gasteiger partial charge is 0.317 e. The molecule has 0 aliphatic rings. The van der Waals surface area contributed by atoms with Crippen molar-refractivity contribution in [2.75, 3.05) is 13.1 Å². The van der Waals surface area contributed by atoms with Crippen LogP contribution in [0.15, 0.2) is 15.9 Å². The zero-order chi connectivity index (χ0) is 13.5. The van der Waals surface area contributed by atoms with Crippen molar-refractivity contribution < 1.29 is 14.7 Å². The molecule has 0 aliphatic carbocycles. The van der Waals surface area contributed by atoms with Crippen LogP contribution in [0.5, 0.6) is 0 Å². The number of hydrogen-bond donors (Lipinski definition) is 2. The highest BCUT2D eigenvalue weighted by molar-refractivity contribution is 9.10. The third-order valence-electron chi connectivity index (χ3n) is 2.36. The SMILES string of the molecule is CCN(CCC(=O)O)C(=O)NCc1sccc1Br. The zero-order valence-corrected chi connectivity index (χ0v) is 12.4. The van der Waals surface area contributed by atoms with Gasteiger partial charge in [-0.1, -0.05) is 0 Å². The van der Waals surface area contributed by atoms with Gasteiger partial charge in [-0.2, -0.15) is 0 Å². The highest BCUT2D eigenvalue weighted by atomic mass is 79.9. The van der Waals surface area contributed by atoms with Crippen molar-refractivity contribution in [1.29, 1.82) is 0 Å². The lowest BCUT2D eigenvalue weighted by atomic mass is 10.4. The second-order valence-corrected chi connectivity index (χ2v) is 5.43. The number of nitrogens with zero attached hydrogens (tertiary/aromatic N) is 1. The van der Waals surface area contributed by atoms with Crippen LogP contribution in [-0.2, 0) is 11.3 Å². The van der Waals surface area contributed by atoms with Gasteiger partial charge in [-0.15, -0.1) is 11.3 Å². The summed E-state index contributed by atoms with van der Waals surface area (Å²) >= 11 is 4.94. The Morgan fingerprint density at radius 3 is 2.78 bits per heavy atom. The molecule has 0 fully saturated rings. The average Bonchev–Trinajstić information content (AvgIpc) is 2.72. The molecule has 0 aliphatic heterocycles. The number of amides is 2. The number of hydrogen-bond acceptors (Lipinski definition) is 3. The van der Waals surface area contributed by atoms with Crippen molar-refractivity contribution in [3.05, 3.63) is 20.8 Å². The first-order valence-electron chi connectivity index (χ1n) is 5.51. The summed E-state index contributed by atoms with van der Waals surface area (Å²) in [6.45, 7) is 2.98. The van der Waals surface area contributed by atoms with Crippen molar-refractivity contribution in [3.8, 4) is 0 Å². The van der Waals surface area contributed by atoms with Crippen molar-refractivity contribution in [3.63, 3.8) is 0 Å². The molecular formula is C11H15BrN2O3S. The van der Waals surface area contributed by atoms with E-state index in [1.165, 1.54) is 4.90 Å². The predicted octanol–water partition coefficient (Wildman–Crippen LogP) is 2.52. The maximum absolute atomic E-state index is 11.8. The standard InChI is InChI=1S/C11H15BrN2O3S/c1-2-14(5-3-10(15)16)11(17)13-7-9-8(12)4-6-18-9/h4,6H,2-3,5,7H2,1H3,(H,13,17)(H,15,16). The molecule has 0 spiro atoms. The highest BCUT2D eigenvalue weighted by Gasteiger charge is 2.13. The van der Waals surface area contributed by atoms with Crippen LogP contribution in [0, 0.1) is 0 Å². The maximum atomic E-state index is 11.8. The van der Waals surface area contributed by atoms with Crippen molar-refractivity contribution in [2.45, 2.75) is 19.9 Å². The van der Waals surface area contributed by atoms with Gasteiger partial charge in [0.2, 0.25) is 0 Å². The monoisotopic (exact) mass is 334 g/mol. The van der Waals surface area contributed by atoms with E-state index in [1.807, 2.05) is 18.4 Å². The zero-order valence-electron chi connectivity index (χ0n) is 9.98. The number of carboxylic acids is 1. The Hall–Kier alpha value is -1.08. The first-order chi connectivity index (χ1) is 8.54. The molecule has 2 N–H and O–H groups in total. The number of carboxylic acid groups (broad SMARTS) is 1. The van der Waals surface area contributed by atoms with Crippen molar-refractivity contribution >= 4 is 39.3 Å². The van der Waals surface area contributed by atoms with Crippen molar-refractivity contribution in [1.82, 2.24) is 10.2 Å². The Kier molecular flexibility index (Phi) is 6.14. The summed E-state index contributed by atoms with van der Waals surface area (Å²) in [5, 5.41) is 13.3. The van der Waals surface area contributed by atoms with Gasteiger partial charge in [0, 0.05) is 22.4 Å². The Morgan fingerprint density at radius 2 is 2.28 bits per heavy atom. The van der Waals surface area contributed by atoms with Crippen LogP contribution >= 0.6 is 27.3 Å². The van der Waals surface area contributed by atoms with Gasteiger partial charge in [-0.25, -0.2) is 4.79 Å². The molecule has 7 heteroatoms. The number of urea groups is 1. The second kappa shape index (κ2) is 7.38. The topological polar surface area (TPSA) is 69.6 Å². The molecule has 0 radical (unpaired) electrons. The van der Waals surface area contributed by atoms with E-state index in [1.54, 1.807) is 11.3 Å². The number of halogens is 1. The molecule has 1 rings (SSSR count). The van der Waals surface area contributed by atoms with Gasteiger partial charge in [0.1, 0.15) is 0 Å². The summed E-state index contributed by atoms with van der Waals surface area (Å²) in [4.78, 5) is 24.8. The van der Waals surface area contributed by atoms with E-state index in [4.69, 9.17) is 5.11 Å². The fourth-order valence-corrected chi connectivity index (χ4v) is 2.79. The maximum Gasteiger partial charge on any atom is 0.317 e. The quantitative estimate of drug-likeness (QED) is 0.839. The van der Waals surface area contributed by atoms with Gasteiger partial charge in [-0.3, -0.25) is 4.79 Å². The number of carbonyl (C=O) groups excluding carboxylic acids is 1. The minimum absolute atomic E-state index is 0.0377. The first kappa shape index (κ1) is 15.0. The number of nitrogens with one attached hydrogen (secondary N) is 1. The summed E-state index contributed by atoms with van der Waals surface area (Å²) in [5.41, 5.74) is 0. The lowest BCUT2D eigenvalue weighted by Gasteiger charge is -2.20. The fraction of sp³-hybridized carbons (Fsp3) is 0.455.